The average molecular weight is 924 g/mol. The summed E-state index contributed by atoms with van der Waals surface area (Å²) in [5.41, 5.74) is 21.9. The first-order chi connectivity index (χ1) is 35.2. The minimum atomic E-state index is -0.693. The molecule has 2 aliphatic heterocycles. The van der Waals surface area contributed by atoms with Gasteiger partial charge in [0.05, 0.1) is 22.5 Å². The molecule has 334 valence electrons. The number of benzene rings is 11. The molecule has 2 heterocycles. The highest BCUT2D eigenvalue weighted by Gasteiger charge is 2.53. The van der Waals surface area contributed by atoms with Crippen LogP contribution in [0.3, 0.4) is 0 Å². The van der Waals surface area contributed by atoms with Crippen molar-refractivity contribution in [2.24, 2.45) is 0 Å². The van der Waals surface area contributed by atoms with Crippen molar-refractivity contribution in [1.29, 1.82) is 0 Å². The molecule has 11 aromatic carbocycles. The third-order valence-electron chi connectivity index (χ3n) is 14.6. The lowest BCUT2D eigenvalue weighted by Gasteiger charge is -2.47. The molecule has 0 unspecified atom stereocenters. The summed E-state index contributed by atoms with van der Waals surface area (Å²) in [5.74, 6) is 0. The molecule has 0 saturated carbocycles. The topological polar surface area (TPSA) is 9.72 Å². The van der Waals surface area contributed by atoms with E-state index in [1.165, 1.54) is 82.5 Å². The third-order valence-corrected chi connectivity index (χ3v) is 15.7. The van der Waals surface area contributed by atoms with Gasteiger partial charge in [0.25, 0.3) is 0 Å². The average Bonchev–Trinajstić information content (AvgIpc) is 3.72. The van der Waals surface area contributed by atoms with Crippen molar-refractivity contribution in [1.82, 2.24) is 0 Å². The number of hydrogen-bond donors (Lipinski definition) is 0. The zero-order valence-electron chi connectivity index (χ0n) is 38.7. The Morgan fingerprint density at radius 3 is 1.21 bits per heavy atom. The standard InChI is InChI=1S/C67H45N3S/c1-5-18-46(19-6-1)48-32-36-52(37-33-48)68(50-22-9-3-10-23-50)54-40-42-56-57-43-41-55(69(51-24-11-4-12-25-51)53-38-34-49(35-39-53)47-20-7-2-8-21-47)45-61(57)67(60(56)44-54)58-26-13-14-28-62(58)70-63-29-15-16-30-64(63)71-65-31-17-27-59(67)66(65)70/h1-45H. The van der Waals surface area contributed by atoms with E-state index in [0.29, 0.717) is 0 Å². The molecule has 0 bridgehead atoms. The second-order valence-electron chi connectivity index (χ2n) is 18.5. The molecule has 3 aliphatic rings. The van der Waals surface area contributed by atoms with Gasteiger partial charge < -0.3 is 14.7 Å². The van der Waals surface area contributed by atoms with Crippen LogP contribution in [0.2, 0.25) is 0 Å². The van der Waals surface area contributed by atoms with Crippen LogP contribution >= 0.6 is 11.8 Å². The van der Waals surface area contributed by atoms with Crippen molar-refractivity contribution in [2.45, 2.75) is 15.2 Å². The molecule has 71 heavy (non-hydrogen) atoms. The summed E-state index contributed by atoms with van der Waals surface area (Å²) in [7, 11) is 0. The highest BCUT2D eigenvalue weighted by Crippen LogP contribution is 2.67. The Labute approximate surface area is 419 Å². The van der Waals surface area contributed by atoms with E-state index in [9.17, 15) is 0 Å². The first kappa shape index (κ1) is 41.2. The van der Waals surface area contributed by atoms with E-state index in [4.69, 9.17) is 0 Å². The van der Waals surface area contributed by atoms with Gasteiger partial charge in [0.2, 0.25) is 0 Å². The fraction of sp³-hybridized carbons (Fsp3) is 0.0149. The normalized spacial score (nSPS) is 13.1. The summed E-state index contributed by atoms with van der Waals surface area (Å²) in [6.07, 6.45) is 0. The predicted octanol–water partition coefficient (Wildman–Crippen LogP) is 18.6. The summed E-state index contributed by atoms with van der Waals surface area (Å²) in [5, 5.41) is 0. The smallest absolute Gasteiger partial charge is 0.0756 e. The van der Waals surface area contributed by atoms with Crippen molar-refractivity contribution in [3.63, 3.8) is 0 Å². The maximum absolute atomic E-state index is 2.54. The molecule has 0 amide bonds. The van der Waals surface area contributed by atoms with Gasteiger partial charge >= 0.3 is 0 Å². The maximum atomic E-state index is 2.54. The number of anilines is 9. The second kappa shape index (κ2) is 16.7. The van der Waals surface area contributed by atoms with Crippen molar-refractivity contribution in [2.75, 3.05) is 14.7 Å². The summed E-state index contributed by atoms with van der Waals surface area (Å²) in [6, 6.07) is 100. The van der Waals surface area contributed by atoms with Crippen molar-refractivity contribution in [3.05, 3.63) is 295 Å². The van der Waals surface area contributed by atoms with E-state index in [1.807, 2.05) is 11.8 Å². The van der Waals surface area contributed by atoms with Gasteiger partial charge in [0.15, 0.2) is 0 Å². The Morgan fingerprint density at radius 1 is 0.282 bits per heavy atom. The highest BCUT2D eigenvalue weighted by molar-refractivity contribution is 7.99. The minimum absolute atomic E-state index is 0.693. The van der Waals surface area contributed by atoms with E-state index in [2.05, 4.69) is 288 Å². The van der Waals surface area contributed by atoms with Gasteiger partial charge in [-0.1, -0.05) is 188 Å². The maximum Gasteiger partial charge on any atom is 0.0756 e. The molecule has 0 N–H and O–H groups in total. The molecule has 11 aromatic rings. The van der Waals surface area contributed by atoms with Crippen molar-refractivity contribution in [3.8, 4) is 33.4 Å². The molecule has 14 rings (SSSR count). The largest absolute Gasteiger partial charge is 0.310 e. The monoisotopic (exact) mass is 923 g/mol. The molecule has 0 saturated heterocycles. The van der Waals surface area contributed by atoms with Gasteiger partial charge in [-0.25, -0.2) is 0 Å². The van der Waals surface area contributed by atoms with E-state index in [0.717, 1.165) is 34.1 Å². The predicted molar refractivity (Wildman–Crippen MR) is 296 cm³/mol. The Kier molecular flexibility index (Phi) is 9.68. The number of hydrogen-bond acceptors (Lipinski definition) is 4. The van der Waals surface area contributed by atoms with E-state index < -0.39 is 5.41 Å². The fourth-order valence-corrected chi connectivity index (χ4v) is 12.7. The molecular weight excluding hydrogens is 879 g/mol. The van der Waals surface area contributed by atoms with Crippen LogP contribution in [0.25, 0.3) is 33.4 Å². The zero-order chi connectivity index (χ0) is 46.9. The highest BCUT2D eigenvalue weighted by atomic mass is 32.2. The van der Waals surface area contributed by atoms with Crippen LogP contribution in [0.1, 0.15) is 22.3 Å². The van der Waals surface area contributed by atoms with Crippen LogP contribution in [0.4, 0.5) is 51.2 Å². The van der Waals surface area contributed by atoms with Gasteiger partial charge in [-0.2, -0.15) is 0 Å². The number of rotatable bonds is 8. The van der Waals surface area contributed by atoms with Crippen LogP contribution in [0.5, 0.6) is 0 Å². The zero-order valence-corrected chi connectivity index (χ0v) is 39.5. The van der Waals surface area contributed by atoms with Crippen LogP contribution in [0, 0.1) is 0 Å². The molecule has 0 radical (unpaired) electrons. The van der Waals surface area contributed by atoms with Crippen LogP contribution in [0.15, 0.2) is 283 Å². The first-order valence-electron chi connectivity index (χ1n) is 24.3. The van der Waals surface area contributed by atoms with Crippen LogP contribution in [-0.4, -0.2) is 0 Å². The van der Waals surface area contributed by atoms with Gasteiger partial charge in [-0.3, -0.25) is 0 Å². The summed E-state index contributed by atoms with van der Waals surface area (Å²) in [6.45, 7) is 0. The Morgan fingerprint density at radius 2 is 0.676 bits per heavy atom. The Balaban J connectivity index is 1.02. The molecule has 1 aliphatic carbocycles. The SMILES string of the molecule is c1ccc(-c2ccc(N(c3ccccc3)c3ccc4c(c3)C3(c5cc(N(c6ccccc6)c6ccc(-c7ccccc7)cc6)ccc5-4)c4ccccc4N4c5ccccc5Sc5cccc3c54)cc2)cc1. The molecule has 3 nitrogen and oxygen atoms in total. The van der Waals surface area contributed by atoms with Gasteiger partial charge in [-0.05, 0) is 153 Å². The minimum Gasteiger partial charge on any atom is -0.310 e. The Hall–Kier alpha value is -8.83. The molecule has 1 spiro atoms. The third kappa shape index (κ3) is 6.52. The first-order valence-corrected chi connectivity index (χ1v) is 25.1. The summed E-state index contributed by atoms with van der Waals surface area (Å²) >= 11 is 1.88. The number of para-hydroxylation sites is 5. The van der Waals surface area contributed by atoms with E-state index >= 15 is 0 Å². The van der Waals surface area contributed by atoms with Gasteiger partial charge in [0.1, 0.15) is 0 Å². The lowest BCUT2D eigenvalue weighted by atomic mass is 9.64. The number of nitrogens with zero attached hydrogens (tertiary/aromatic N) is 3. The quantitative estimate of drug-likeness (QED) is 0.150. The number of fused-ring (bicyclic) bond motifs is 11. The van der Waals surface area contributed by atoms with Crippen LogP contribution < -0.4 is 14.7 Å². The second-order valence-corrected chi connectivity index (χ2v) is 19.5. The van der Waals surface area contributed by atoms with Crippen molar-refractivity contribution >= 4 is 62.9 Å². The molecule has 0 fully saturated rings. The molecule has 0 atom stereocenters. The summed E-state index contributed by atoms with van der Waals surface area (Å²) in [4.78, 5) is 9.89. The fourth-order valence-electron chi connectivity index (χ4n) is 11.6. The Bertz CT molecular complexity index is 3610. The van der Waals surface area contributed by atoms with E-state index in [1.54, 1.807) is 0 Å². The lowest BCUT2D eigenvalue weighted by Crippen LogP contribution is -2.37. The summed E-state index contributed by atoms with van der Waals surface area (Å²) < 4.78 is 0. The lowest BCUT2D eigenvalue weighted by molar-refractivity contribution is 0.746. The van der Waals surface area contributed by atoms with Crippen LogP contribution in [-0.2, 0) is 5.41 Å². The molecular formula is C67H45N3S. The van der Waals surface area contributed by atoms with Gasteiger partial charge in [0, 0.05) is 43.9 Å². The van der Waals surface area contributed by atoms with Crippen molar-refractivity contribution < 1.29 is 0 Å². The molecule has 0 aromatic heterocycles. The molecule has 4 heteroatoms. The van der Waals surface area contributed by atoms with Gasteiger partial charge in [-0.15, -0.1) is 0 Å². The van der Waals surface area contributed by atoms with E-state index in [-0.39, 0.29) is 0 Å².